The van der Waals surface area contributed by atoms with Gasteiger partial charge in [-0.25, -0.2) is 9.18 Å². The van der Waals surface area contributed by atoms with Crippen molar-refractivity contribution in [2.75, 3.05) is 5.43 Å². The Labute approximate surface area is 185 Å². The molecule has 0 aliphatic rings. The van der Waals surface area contributed by atoms with Crippen LogP contribution >= 0.6 is 0 Å². The van der Waals surface area contributed by atoms with Crippen LogP contribution in [0.2, 0.25) is 0 Å². The first-order valence-electron chi connectivity index (χ1n) is 10.7. The molecule has 0 bridgehead atoms. The number of benzene rings is 2. The van der Waals surface area contributed by atoms with E-state index in [9.17, 15) is 14.3 Å². The molecule has 1 unspecified atom stereocenters. The van der Waals surface area contributed by atoms with E-state index >= 15 is 0 Å². The molecule has 0 aliphatic heterocycles. The van der Waals surface area contributed by atoms with Crippen LogP contribution in [0.25, 0.3) is 22.1 Å². The summed E-state index contributed by atoms with van der Waals surface area (Å²) in [6.45, 7) is 5.83. The minimum Gasteiger partial charge on any atom is -0.423 e. The first kappa shape index (κ1) is 21.8. The van der Waals surface area contributed by atoms with Crippen LogP contribution in [0.15, 0.2) is 70.0 Å². The van der Waals surface area contributed by atoms with Gasteiger partial charge in [-0.05, 0) is 60.7 Å². The van der Waals surface area contributed by atoms with E-state index in [1.54, 1.807) is 29.2 Å². The molecule has 166 valence electrons. The van der Waals surface area contributed by atoms with E-state index in [1.165, 1.54) is 18.2 Å². The minimum atomic E-state index is -0.945. The smallest absolute Gasteiger partial charge is 0.336 e. The summed E-state index contributed by atoms with van der Waals surface area (Å²) in [6, 6.07) is 14.8. The maximum atomic E-state index is 13.3. The van der Waals surface area contributed by atoms with Crippen molar-refractivity contribution in [1.29, 1.82) is 0 Å². The predicted octanol–water partition coefficient (Wildman–Crippen LogP) is 5.11. The van der Waals surface area contributed by atoms with E-state index in [1.807, 2.05) is 39.0 Å². The van der Waals surface area contributed by atoms with Gasteiger partial charge in [-0.2, -0.15) is 9.89 Å². The fraction of sp³-hybridized carbons (Fsp3) is 0.280. The normalized spacial score (nSPS) is 12.8. The average Bonchev–Trinajstić information content (AvgIpc) is 3.27. The van der Waals surface area contributed by atoms with E-state index in [4.69, 9.17) is 4.42 Å². The van der Waals surface area contributed by atoms with Crippen LogP contribution in [0.4, 0.5) is 4.39 Å². The summed E-state index contributed by atoms with van der Waals surface area (Å²) < 4.78 is 18.8. The quantitative estimate of drug-likeness (QED) is 0.395. The van der Waals surface area contributed by atoms with Crippen LogP contribution < -0.4 is 11.1 Å². The molecule has 2 heterocycles. The zero-order chi connectivity index (χ0) is 22.9. The van der Waals surface area contributed by atoms with Gasteiger partial charge in [0, 0.05) is 17.6 Å². The number of hydrogen-bond acceptors (Lipinski definition) is 5. The molecule has 1 atom stereocenters. The average molecular weight is 435 g/mol. The Morgan fingerprint density at radius 3 is 2.53 bits per heavy atom. The van der Waals surface area contributed by atoms with Crippen LogP contribution in [0, 0.1) is 5.82 Å². The highest BCUT2D eigenvalue weighted by Crippen LogP contribution is 2.30. The number of rotatable bonds is 7. The largest absolute Gasteiger partial charge is 0.423 e. The third kappa shape index (κ3) is 4.16. The molecule has 0 spiro atoms. The fourth-order valence-corrected chi connectivity index (χ4v) is 3.85. The maximum absolute atomic E-state index is 13.3. The standard InChI is InChI=1S/C25H26FN3O3/c1-4-25(31,5-2)23-12-13-29(28-23)27-16(3)18-8-11-20-21(15-24(30)32-22(20)14-18)17-6-9-19(26)10-7-17/h6-16,27,31H,4-5H2,1-3H3. The van der Waals surface area contributed by atoms with Gasteiger partial charge in [0.2, 0.25) is 0 Å². The molecule has 0 fully saturated rings. The zero-order valence-electron chi connectivity index (χ0n) is 18.3. The summed E-state index contributed by atoms with van der Waals surface area (Å²) in [7, 11) is 0. The number of nitrogens with one attached hydrogen (secondary N) is 1. The summed E-state index contributed by atoms with van der Waals surface area (Å²) in [5, 5.41) is 15.9. The van der Waals surface area contributed by atoms with Gasteiger partial charge in [-0.3, -0.25) is 0 Å². The van der Waals surface area contributed by atoms with E-state index in [0.717, 1.165) is 16.5 Å². The van der Waals surface area contributed by atoms with Crippen molar-refractivity contribution in [3.05, 3.63) is 88.3 Å². The molecule has 6 nitrogen and oxygen atoms in total. The maximum Gasteiger partial charge on any atom is 0.336 e. The molecule has 2 N–H and O–H groups in total. The van der Waals surface area contributed by atoms with Crippen molar-refractivity contribution < 1.29 is 13.9 Å². The lowest BCUT2D eigenvalue weighted by Gasteiger charge is -2.22. The summed E-state index contributed by atoms with van der Waals surface area (Å²) in [5.74, 6) is -0.332. The lowest BCUT2D eigenvalue weighted by Crippen LogP contribution is -2.26. The van der Waals surface area contributed by atoms with Crippen molar-refractivity contribution in [2.45, 2.75) is 45.3 Å². The molecule has 7 heteroatoms. The Kier molecular flexibility index (Phi) is 5.84. The lowest BCUT2D eigenvalue weighted by atomic mass is 9.94. The Morgan fingerprint density at radius 1 is 1.12 bits per heavy atom. The number of aliphatic hydroxyl groups is 1. The topological polar surface area (TPSA) is 80.3 Å². The van der Waals surface area contributed by atoms with Crippen molar-refractivity contribution in [3.8, 4) is 11.1 Å². The van der Waals surface area contributed by atoms with Crippen molar-refractivity contribution in [1.82, 2.24) is 9.89 Å². The van der Waals surface area contributed by atoms with Crippen LogP contribution in [-0.4, -0.2) is 15.0 Å². The van der Waals surface area contributed by atoms with Gasteiger partial charge in [-0.15, -0.1) is 0 Å². The predicted molar refractivity (Wildman–Crippen MR) is 122 cm³/mol. The van der Waals surface area contributed by atoms with Gasteiger partial charge in [0.05, 0.1) is 11.7 Å². The number of nitrogens with zero attached hydrogens (tertiary/aromatic N) is 2. The molecule has 0 radical (unpaired) electrons. The molecular formula is C25H26FN3O3. The van der Waals surface area contributed by atoms with Crippen LogP contribution in [-0.2, 0) is 5.60 Å². The van der Waals surface area contributed by atoms with Crippen molar-refractivity contribution in [3.63, 3.8) is 0 Å². The van der Waals surface area contributed by atoms with Crippen molar-refractivity contribution >= 4 is 11.0 Å². The van der Waals surface area contributed by atoms with E-state index in [0.29, 0.717) is 29.7 Å². The molecular weight excluding hydrogens is 409 g/mol. The second-order valence-corrected chi connectivity index (χ2v) is 7.98. The van der Waals surface area contributed by atoms with Crippen LogP contribution in [0.3, 0.4) is 0 Å². The molecule has 2 aromatic heterocycles. The monoisotopic (exact) mass is 435 g/mol. The number of fused-ring (bicyclic) bond motifs is 1. The number of hydrogen-bond donors (Lipinski definition) is 2. The van der Waals surface area contributed by atoms with Crippen LogP contribution in [0.5, 0.6) is 0 Å². The van der Waals surface area contributed by atoms with E-state index < -0.39 is 11.2 Å². The molecule has 0 saturated heterocycles. The van der Waals surface area contributed by atoms with Crippen LogP contribution in [0.1, 0.15) is 50.9 Å². The Balaban J connectivity index is 1.64. The van der Waals surface area contributed by atoms with Gasteiger partial charge in [0.1, 0.15) is 17.0 Å². The first-order chi connectivity index (χ1) is 15.3. The summed E-state index contributed by atoms with van der Waals surface area (Å²) >= 11 is 0. The summed E-state index contributed by atoms with van der Waals surface area (Å²) in [4.78, 5) is 13.8. The Hall–Kier alpha value is -3.45. The highest BCUT2D eigenvalue weighted by atomic mass is 19.1. The third-order valence-electron chi connectivity index (χ3n) is 5.99. The molecule has 4 rings (SSSR count). The van der Waals surface area contributed by atoms with Gasteiger partial charge in [-0.1, -0.05) is 38.1 Å². The SMILES string of the molecule is CCC(O)(CC)c1ccn(NC(C)c2ccc3c(-c4ccc(F)cc4)cc(=O)oc3c2)n1. The molecule has 0 amide bonds. The Bertz CT molecular complexity index is 1290. The molecule has 0 saturated carbocycles. The first-order valence-corrected chi connectivity index (χ1v) is 10.7. The number of aromatic nitrogens is 2. The fourth-order valence-electron chi connectivity index (χ4n) is 3.85. The second kappa shape index (κ2) is 8.59. The lowest BCUT2D eigenvalue weighted by molar-refractivity contribution is 0.0235. The van der Waals surface area contributed by atoms with Gasteiger partial charge in [0.25, 0.3) is 0 Å². The van der Waals surface area contributed by atoms with Gasteiger partial charge >= 0.3 is 5.63 Å². The third-order valence-corrected chi connectivity index (χ3v) is 5.99. The molecule has 0 aliphatic carbocycles. The molecule has 32 heavy (non-hydrogen) atoms. The summed E-state index contributed by atoms with van der Waals surface area (Å²) in [5.41, 5.74) is 5.26. The minimum absolute atomic E-state index is 0.150. The zero-order valence-corrected chi connectivity index (χ0v) is 18.3. The van der Waals surface area contributed by atoms with E-state index in [-0.39, 0.29) is 11.9 Å². The second-order valence-electron chi connectivity index (χ2n) is 7.98. The summed E-state index contributed by atoms with van der Waals surface area (Å²) in [6.07, 6.45) is 2.93. The highest BCUT2D eigenvalue weighted by molar-refractivity contribution is 5.93. The molecule has 2 aromatic carbocycles. The van der Waals surface area contributed by atoms with Crippen molar-refractivity contribution in [2.24, 2.45) is 0 Å². The van der Waals surface area contributed by atoms with Gasteiger partial charge in [0.15, 0.2) is 0 Å². The molecule has 4 aromatic rings. The highest BCUT2D eigenvalue weighted by Gasteiger charge is 2.27. The van der Waals surface area contributed by atoms with E-state index in [2.05, 4.69) is 10.5 Å². The number of halogens is 1. The Morgan fingerprint density at radius 2 is 1.84 bits per heavy atom. The van der Waals surface area contributed by atoms with Gasteiger partial charge < -0.3 is 14.9 Å².